The number of carbonyl (C=O) groups is 2. The number of aryl methyl sites for hydroxylation is 1. The van der Waals surface area contributed by atoms with Gasteiger partial charge in [0.25, 0.3) is 5.91 Å². The Morgan fingerprint density at radius 2 is 1.88 bits per heavy atom. The van der Waals surface area contributed by atoms with Crippen molar-refractivity contribution in [3.05, 3.63) is 54.1 Å². The molecule has 0 bridgehead atoms. The first-order valence-corrected chi connectivity index (χ1v) is 8.54. The smallest absolute Gasteiger partial charge is 0.258 e. The fourth-order valence-corrected chi connectivity index (χ4v) is 3.16. The van der Waals surface area contributed by atoms with Gasteiger partial charge in [-0.1, -0.05) is 41.7 Å². The minimum Gasteiger partial charge on any atom is -0.484 e. The lowest BCUT2D eigenvalue weighted by molar-refractivity contribution is -0.125. The second kappa shape index (κ2) is 7.76. The Morgan fingerprint density at radius 1 is 1.08 bits per heavy atom. The number of hydrogen-bond acceptors (Lipinski definition) is 5. The quantitative estimate of drug-likeness (QED) is 0.712. The minimum atomic E-state index is -0.362. The molecule has 0 aliphatic rings. The molecule has 0 aliphatic heterocycles. The van der Waals surface area contributed by atoms with E-state index in [1.807, 2.05) is 43.3 Å². The molecule has 3 aromatic rings. The zero-order valence-corrected chi connectivity index (χ0v) is 14.4. The molecule has 0 atom stereocenters. The van der Waals surface area contributed by atoms with Crippen molar-refractivity contribution in [2.45, 2.75) is 6.92 Å². The maximum atomic E-state index is 12.0. The zero-order chi connectivity index (χ0) is 17.6. The summed E-state index contributed by atoms with van der Waals surface area (Å²) < 4.78 is 6.33. The van der Waals surface area contributed by atoms with Crippen molar-refractivity contribution in [3.8, 4) is 5.75 Å². The van der Waals surface area contributed by atoms with E-state index in [-0.39, 0.29) is 25.0 Å². The maximum absolute atomic E-state index is 12.0. The van der Waals surface area contributed by atoms with Gasteiger partial charge in [0.2, 0.25) is 5.91 Å². The van der Waals surface area contributed by atoms with Gasteiger partial charge in [-0.3, -0.25) is 9.59 Å². The number of anilines is 1. The number of ether oxygens (including phenoxy) is 1. The molecule has 2 aromatic carbocycles. The van der Waals surface area contributed by atoms with Gasteiger partial charge >= 0.3 is 0 Å². The Balaban J connectivity index is 1.47. The average Bonchev–Trinajstić information content (AvgIpc) is 3.03. The summed E-state index contributed by atoms with van der Waals surface area (Å²) in [5.41, 5.74) is 1.93. The lowest BCUT2D eigenvalue weighted by Crippen LogP contribution is -2.35. The number of hydrogen-bond donors (Lipinski definition) is 2. The first kappa shape index (κ1) is 16.9. The molecule has 1 aromatic heterocycles. The Labute approximate surface area is 148 Å². The van der Waals surface area contributed by atoms with Crippen LogP contribution in [0.5, 0.6) is 5.75 Å². The van der Waals surface area contributed by atoms with E-state index < -0.39 is 0 Å². The van der Waals surface area contributed by atoms with Crippen LogP contribution in [0, 0.1) is 6.92 Å². The van der Waals surface area contributed by atoms with Gasteiger partial charge in [-0.15, -0.1) is 0 Å². The second-order valence-electron chi connectivity index (χ2n) is 5.37. The number of rotatable bonds is 6. The van der Waals surface area contributed by atoms with Crippen molar-refractivity contribution < 1.29 is 14.3 Å². The van der Waals surface area contributed by atoms with E-state index in [0.29, 0.717) is 10.9 Å². The molecule has 7 heteroatoms. The van der Waals surface area contributed by atoms with Crippen LogP contribution in [0.2, 0.25) is 0 Å². The topological polar surface area (TPSA) is 80.3 Å². The van der Waals surface area contributed by atoms with Crippen LogP contribution in [0.3, 0.4) is 0 Å². The van der Waals surface area contributed by atoms with E-state index in [9.17, 15) is 9.59 Å². The molecule has 128 valence electrons. The molecule has 3 rings (SSSR count). The summed E-state index contributed by atoms with van der Waals surface area (Å²) in [5, 5.41) is 5.74. The van der Waals surface area contributed by atoms with Crippen LogP contribution in [0.1, 0.15) is 5.56 Å². The van der Waals surface area contributed by atoms with Crippen LogP contribution in [0.4, 0.5) is 5.13 Å². The summed E-state index contributed by atoms with van der Waals surface area (Å²) in [6, 6.07) is 14.9. The van der Waals surface area contributed by atoms with Crippen LogP contribution in [0.15, 0.2) is 48.5 Å². The monoisotopic (exact) mass is 355 g/mol. The highest BCUT2D eigenvalue weighted by atomic mass is 32.1. The van der Waals surface area contributed by atoms with E-state index in [0.717, 1.165) is 15.8 Å². The Hall–Kier alpha value is -2.93. The number of aromatic nitrogens is 1. The summed E-state index contributed by atoms with van der Waals surface area (Å²) in [5.74, 6) is -0.0872. The predicted octanol–water partition coefficient (Wildman–Crippen LogP) is 2.74. The zero-order valence-electron chi connectivity index (χ0n) is 13.6. The van der Waals surface area contributed by atoms with Gasteiger partial charge in [0.1, 0.15) is 5.75 Å². The van der Waals surface area contributed by atoms with Gasteiger partial charge < -0.3 is 15.4 Å². The van der Waals surface area contributed by atoms with Crippen molar-refractivity contribution in [1.29, 1.82) is 0 Å². The van der Waals surface area contributed by atoms with Crippen molar-refractivity contribution in [2.75, 3.05) is 18.5 Å². The van der Waals surface area contributed by atoms with Crippen molar-refractivity contribution in [1.82, 2.24) is 10.3 Å². The lowest BCUT2D eigenvalue weighted by atomic mass is 10.2. The standard InChI is InChI=1S/C18H17N3O3S/c1-12-6-5-9-14-17(12)21-18(25-14)20-15(22)10-19-16(23)11-24-13-7-3-2-4-8-13/h2-9H,10-11H2,1H3,(H,19,23)(H,20,21,22). The van der Waals surface area contributed by atoms with E-state index in [1.54, 1.807) is 12.1 Å². The second-order valence-corrected chi connectivity index (χ2v) is 6.40. The van der Waals surface area contributed by atoms with Crippen molar-refractivity contribution >= 4 is 38.5 Å². The number of para-hydroxylation sites is 2. The predicted molar refractivity (Wildman–Crippen MR) is 97.9 cm³/mol. The largest absolute Gasteiger partial charge is 0.484 e. The molecule has 0 unspecified atom stereocenters. The first-order chi connectivity index (χ1) is 12.1. The van der Waals surface area contributed by atoms with Gasteiger partial charge in [0.05, 0.1) is 16.8 Å². The fraction of sp³-hybridized carbons (Fsp3) is 0.167. The maximum Gasteiger partial charge on any atom is 0.258 e. The van der Waals surface area contributed by atoms with Gasteiger partial charge in [-0.25, -0.2) is 4.98 Å². The molecule has 25 heavy (non-hydrogen) atoms. The normalized spacial score (nSPS) is 10.4. The van der Waals surface area contributed by atoms with Gasteiger partial charge in [0, 0.05) is 0 Å². The first-order valence-electron chi connectivity index (χ1n) is 7.72. The van der Waals surface area contributed by atoms with E-state index in [1.165, 1.54) is 11.3 Å². The number of benzene rings is 2. The van der Waals surface area contributed by atoms with Gasteiger partial charge in [0.15, 0.2) is 11.7 Å². The van der Waals surface area contributed by atoms with Crippen LogP contribution >= 0.6 is 11.3 Å². The highest BCUT2D eigenvalue weighted by Gasteiger charge is 2.10. The van der Waals surface area contributed by atoms with Crippen LogP contribution < -0.4 is 15.4 Å². The molecule has 0 saturated heterocycles. The molecule has 6 nitrogen and oxygen atoms in total. The minimum absolute atomic E-state index is 0.133. The third kappa shape index (κ3) is 4.54. The number of amides is 2. The molecule has 2 N–H and O–H groups in total. The summed E-state index contributed by atoms with van der Waals surface area (Å²) in [6.07, 6.45) is 0. The third-order valence-electron chi connectivity index (χ3n) is 3.43. The SMILES string of the molecule is Cc1cccc2sc(NC(=O)CNC(=O)COc3ccccc3)nc12. The third-order valence-corrected chi connectivity index (χ3v) is 4.36. The molecule has 0 fully saturated rings. The molecule has 2 amide bonds. The van der Waals surface area contributed by atoms with E-state index >= 15 is 0 Å². The Morgan fingerprint density at radius 3 is 2.64 bits per heavy atom. The summed E-state index contributed by atoms with van der Waals surface area (Å²) in [4.78, 5) is 28.1. The number of carbonyl (C=O) groups excluding carboxylic acids is 2. The van der Waals surface area contributed by atoms with E-state index in [4.69, 9.17) is 4.74 Å². The van der Waals surface area contributed by atoms with Crippen LogP contribution in [-0.2, 0) is 9.59 Å². The van der Waals surface area contributed by atoms with Crippen LogP contribution in [0.25, 0.3) is 10.2 Å². The van der Waals surface area contributed by atoms with Crippen molar-refractivity contribution in [2.24, 2.45) is 0 Å². The van der Waals surface area contributed by atoms with Gasteiger partial charge in [-0.2, -0.15) is 0 Å². The molecule has 1 heterocycles. The molecule has 0 saturated carbocycles. The summed E-state index contributed by atoms with van der Waals surface area (Å²) in [7, 11) is 0. The molecule has 0 spiro atoms. The molecule has 0 radical (unpaired) electrons. The Kier molecular flexibility index (Phi) is 5.25. The summed E-state index contributed by atoms with van der Waals surface area (Å²) >= 11 is 1.40. The van der Waals surface area contributed by atoms with Crippen LogP contribution in [-0.4, -0.2) is 29.9 Å². The molecular weight excluding hydrogens is 338 g/mol. The number of thiazole rings is 1. The van der Waals surface area contributed by atoms with E-state index in [2.05, 4.69) is 15.6 Å². The number of nitrogens with one attached hydrogen (secondary N) is 2. The van der Waals surface area contributed by atoms with Gasteiger partial charge in [-0.05, 0) is 30.7 Å². The Bertz CT molecular complexity index is 893. The number of fused-ring (bicyclic) bond motifs is 1. The molecule has 0 aliphatic carbocycles. The number of nitrogens with zero attached hydrogens (tertiary/aromatic N) is 1. The lowest BCUT2D eigenvalue weighted by Gasteiger charge is -2.07. The van der Waals surface area contributed by atoms with Crippen molar-refractivity contribution in [3.63, 3.8) is 0 Å². The average molecular weight is 355 g/mol. The fourth-order valence-electron chi connectivity index (χ4n) is 2.20. The summed E-state index contributed by atoms with van der Waals surface area (Å²) in [6.45, 7) is 1.70. The highest BCUT2D eigenvalue weighted by Crippen LogP contribution is 2.27. The highest BCUT2D eigenvalue weighted by molar-refractivity contribution is 7.22. The molecular formula is C18H17N3O3S.